The Morgan fingerprint density at radius 2 is 1.33 bits per heavy atom. The van der Waals surface area contributed by atoms with Gasteiger partial charge in [-0.2, -0.15) is 0 Å². The van der Waals surface area contributed by atoms with Crippen molar-refractivity contribution in [1.29, 1.82) is 0 Å². The van der Waals surface area contributed by atoms with Crippen LogP contribution in [0.2, 0.25) is 0 Å². The van der Waals surface area contributed by atoms with E-state index in [0.717, 1.165) is 28.0 Å². The highest BCUT2D eigenvalue weighted by molar-refractivity contribution is 5.79. The third-order valence-electron chi connectivity index (χ3n) is 6.75. The fraction of sp³-hybridized carbons (Fsp3) is 0.212. The van der Waals surface area contributed by atoms with Crippen molar-refractivity contribution < 1.29 is 23.8 Å². The average Bonchev–Trinajstić information content (AvgIpc) is 3.44. The molecular weight excluding hydrogens is 490 g/mol. The van der Waals surface area contributed by atoms with E-state index in [1.807, 2.05) is 114 Å². The van der Waals surface area contributed by atoms with Crippen LogP contribution in [0.15, 0.2) is 109 Å². The minimum Gasteiger partial charge on any atom is -0.463 e. The number of amides is 1. The minimum absolute atomic E-state index is 0.0325. The third kappa shape index (κ3) is 7.05. The van der Waals surface area contributed by atoms with E-state index in [0.29, 0.717) is 18.7 Å². The molecule has 0 unspecified atom stereocenters. The van der Waals surface area contributed by atoms with Crippen molar-refractivity contribution in [2.75, 3.05) is 19.9 Å². The van der Waals surface area contributed by atoms with Gasteiger partial charge in [-0.05, 0) is 40.8 Å². The normalized spacial score (nSPS) is 12.5. The van der Waals surface area contributed by atoms with E-state index >= 15 is 0 Å². The van der Waals surface area contributed by atoms with E-state index in [9.17, 15) is 9.59 Å². The van der Waals surface area contributed by atoms with Gasteiger partial charge in [0.05, 0.1) is 18.9 Å². The number of nitrogens with zero attached hydrogens (tertiary/aromatic N) is 1. The predicted octanol–water partition coefficient (Wildman–Crippen LogP) is 5.56. The van der Waals surface area contributed by atoms with Crippen LogP contribution in [0.4, 0.5) is 0 Å². The number of carbonyl (C=O) groups excluding carboxylic acids is 2. The number of hydrogen-bond acceptors (Lipinski definition) is 5. The Morgan fingerprint density at radius 3 is 2.03 bits per heavy atom. The zero-order valence-corrected chi connectivity index (χ0v) is 21.7. The lowest BCUT2D eigenvalue weighted by Gasteiger charge is -2.32. The van der Waals surface area contributed by atoms with Crippen LogP contribution in [-0.2, 0) is 33.6 Å². The second-order valence-corrected chi connectivity index (χ2v) is 9.46. The van der Waals surface area contributed by atoms with Crippen LogP contribution < -0.4 is 9.47 Å². The van der Waals surface area contributed by atoms with E-state index in [1.165, 1.54) is 0 Å². The van der Waals surface area contributed by atoms with E-state index in [4.69, 9.17) is 14.2 Å². The van der Waals surface area contributed by atoms with Crippen LogP contribution in [0.3, 0.4) is 0 Å². The standard InChI is InChI=1S/C33H31NO5/c35-32(21-25-10-4-1-5-11-25)34(19-18-27-16-17-30-31(20-27)39-24-38-30)29(28-14-8-3-9-15-28)23-37-33(36)22-26-12-6-2-7-13-26/h1-17,20,29H,18-19,21-24H2/t29-/m0/s1. The number of benzene rings is 4. The van der Waals surface area contributed by atoms with Gasteiger partial charge in [0.2, 0.25) is 12.7 Å². The lowest BCUT2D eigenvalue weighted by atomic mass is 10.0. The molecule has 0 aromatic heterocycles. The summed E-state index contributed by atoms with van der Waals surface area (Å²) < 4.78 is 16.8. The van der Waals surface area contributed by atoms with Crippen LogP contribution >= 0.6 is 0 Å². The summed E-state index contributed by atoms with van der Waals surface area (Å²) in [6.45, 7) is 0.726. The third-order valence-corrected chi connectivity index (χ3v) is 6.75. The summed E-state index contributed by atoms with van der Waals surface area (Å²) in [5.74, 6) is 1.08. The van der Waals surface area contributed by atoms with Crippen molar-refractivity contribution in [3.05, 3.63) is 131 Å². The molecule has 6 nitrogen and oxygen atoms in total. The topological polar surface area (TPSA) is 65.1 Å². The monoisotopic (exact) mass is 521 g/mol. The van der Waals surface area contributed by atoms with Crippen LogP contribution in [0.1, 0.15) is 28.3 Å². The molecule has 4 aromatic rings. The van der Waals surface area contributed by atoms with E-state index in [-0.39, 0.29) is 38.1 Å². The molecule has 1 atom stereocenters. The van der Waals surface area contributed by atoms with E-state index < -0.39 is 6.04 Å². The number of rotatable bonds is 11. The number of fused-ring (bicyclic) bond motifs is 1. The van der Waals surface area contributed by atoms with Gasteiger partial charge in [0.25, 0.3) is 0 Å². The average molecular weight is 522 g/mol. The molecule has 0 spiro atoms. The Hall–Kier alpha value is -4.58. The molecule has 0 radical (unpaired) electrons. The molecule has 0 N–H and O–H groups in total. The van der Waals surface area contributed by atoms with Gasteiger partial charge in [0.1, 0.15) is 6.61 Å². The second-order valence-electron chi connectivity index (χ2n) is 9.46. The molecule has 5 rings (SSSR count). The zero-order valence-electron chi connectivity index (χ0n) is 21.7. The van der Waals surface area contributed by atoms with Crippen molar-refractivity contribution in [1.82, 2.24) is 4.90 Å². The molecule has 1 aliphatic heterocycles. The first-order valence-electron chi connectivity index (χ1n) is 13.1. The van der Waals surface area contributed by atoms with E-state index in [1.54, 1.807) is 0 Å². The van der Waals surface area contributed by atoms with Gasteiger partial charge in [0, 0.05) is 6.54 Å². The van der Waals surface area contributed by atoms with E-state index in [2.05, 4.69) is 0 Å². The molecule has 1 heterocycles. The maximum Gasteiger partial charge on any atom is 0.310 e. The molecule has 0 aliphatic carbocycles. The molecule has 198 valence electrons. The second kappa shape index (κ2) is 12.8. The molecule has 1 aliphatic rings. The van der Waals surface area contributed by atoms with Crippen molar-refractivity contribution in [2.45, 2.75) is 25.3 Å². The highest BCUT2D eigenvalue weighted by atomic mass is 16.7. The molecule has 0 bridgehead atoms. The molecule has 6 heteroatoms. The first-order chi connectivity index (χ1) is 19.2. The molecule has 1 amide bonds. The first kappa shape index (κ1) is 26.0. The highest BCUT2D eigenvalue weighted by Crippen LogP contribution is 2.33. The predicted molar refractivity (Wildman–Crippen MR) is 148 cm³/mol. The summed E-state index contributed by atoms with van der Waals surface area (Å²) in [6.07, 6.45) is 1.04. The summed E-state index contributed by atoms with van der Waals surface area (Å²) in [7, 11) is 0. The van der Waals surface area contributed by atoms with Crippen molar-refractivity contribution in [2.24, 2.45) is 0 Å². The summed E-state index contributed by atoms with van der Waals surface area (Å²) in [4.78, 5) is 28.4. The Labute approximate surface area is 228 Å². The van der Waals surface area contributed by atoms with Gasteiger partial charge in [-0.15, -0.1) is 0 Å². The lowest BCUT2D eigenvalue weighted by molar-refractivity contribution is -0.148. The zero-order chi connectivity index (χ0) is 26.9. The van der Waals surface area contributed by atoms with Gasteiger partial charge in [-0.25, -0.2) is 0 Å². The Morgan fingerprint density at radius 1 is 0.718 bits per heavy atom. The maximum absolute atomic E-state index is 13.8. The molecular formula is C33H31NO5. The van der Waals surface area contributed by atoms with Gasteiger partial charge < -0.3 is 19.1 Å². The number of esters is 1. The summed E-state index contributed by atoms with van der Waals surface area (Å²) >= 11 is 0. The SMILES string of the molecule is O=C(Cc1ccccc1)OC[C@@H](c1ccccc1)N(CCc1ccc2c(c1)OCO2)C(=O)Cc1ccccc1. The van der Waals surface area contributed by atoms with Crippen molar-refractivity contribution in [3.8, 4) is 11.5 Å². The van der Waals surface area contributed by atoms with Crippen LogP contribution in [0, 0.1) is 0 Å². The number of carbonyl (C=O) groups is 2. The summed E-state index contributed by atoms with van der Waals surface area (Å²) in [6, 6.07) is 34.4. The largest absolute Gasteiger partial charge is 0.463 e. The molecule has 0 saturated heterocycles. The Bertz CT molecular complexity index is 1380. The van der Waals surface area contributed by atoms with Gasteiger partial charge in [0.15, 0.2) is 11.5 Å². The fourth-order valence-corrected chi connectivity index (χ4v) is 4.70. The first-order valence-corrected chi connectivity index (χ1v) is 13.1. The van der Waals surface area contributed by atoms with Crippen molar-refractivity contribution >= 4 is 11.9 Å². The van der Waals surface area contributed by atoms with Crippen molar-refractivity contribution in [3.63, 3.8) is 0 Å². The Kier molecular flexibility index (Phi) is 8.54. The Balaban J connectivity index is 1.37. The highest BCUT2D eigenvalue weighted by Gasteiger charge is 2.27. The van der Waals surface area contributed by atoms with Gasteiger partial charge in [-0.1, -0.05) is 97.1 Å². The summed E-state index contributed by atoms with van der Waals surface area (Å²) in [5, 5.41) is 0. The quantitative estimate of drug-likeness (QED) is 0.242. The molecule has 0 saturated carbocycles. The number of ether oxygens (including phenoxy) is 3. The van der Waals surface area contributed by atoms with Gasteiger partial charge >= 0.3 is 5.97 Å². The molecule has 39 heavy (non-hydrogen) atoms. The van der Waals surface area contributed by atoms with Gasteiger partial charge in [-0.3, -0.25) is 9.59 Å². The molecule has 0 fully saturated rings. The molecule has 4 aromatic carbocycles. The smallest absolute Gasteiger partial charge is 0.310 e. The lowest BCUT2D eigenvalue weighted by Crippen LogP contribution is -2.40. The fourth-order valence-electron chi connectivity index (χ4n) is 4.70. The maximum atomic E-state index is 13.8. The summed E-state index contributed by atoms with van der Waals surface area (Å²) in [5.41, 5.74) is 3.77. The number of hydrogen-bond donors (Lipinski definition) is 0. The van der Waals surface area contributed by atoms with Crippen LogP contribution in [-0.4, -0.2) is 36.7 Å². The minimum atomic E-state index is -0.434. The van der Waals surface area contributed by atoms with Crippen LogP contribution in [0.5, 0.6) is 11.5 Å². The van der Waals surface area contributed by atoms with Crippen LogP contribution in [0.25, 0.3) is 0 Å².